The van der Waals surface area contributed by atoms with Crippen molar-refractivity contribution in [3.8, 4) is 0 Å². The molecule has 2 atom stereocenters. The highest BCUT2D eigenvalue weighted by Gasteiger charge is 2.47. The van der Waals surface area contributed by atoms with Crippen molar-refractivity contribution in [1.82, 2.24) is 9.88 Å². The number of fused-ring (bicyclic) bond motifs is 1. The lowest BCUT2D eigenvalue weighted by Crippen LogP contribution is -2.30. The fourth-order valence-electron chi connectivity index (χ4n) is 4.23. The van der Waals surface area contributed by atoms with E-state index in [0.717, 1.165) is 25.7 Å². The predicted octanol–water partition coefficient (Wildman–Crippen LogP) is 3.52. The van der Waals surface area contributed by atoms with E-state index in [1.807, 2.05) is 0 Å². The molecule has 2 heterocycles. The normalized spacial score (nSPS) is 21.6. The van der Waals surface area contributed by atoms with E-state index in [9.17, 15) is 18.0 Å². The van der Waals surface area contributed by atoms with Gasteiger partial charge < -0.3 is 0 Å². The number of aromatic nitrogens is 1. The number of imide groups is 1. The van der Waals surface area contributed by atoms with E-state index >= 15 is 0 Å². The van der Waals surface area contributed by atoms with Gasteiger partial charge in [-0.25, -0.2) is 13.4 Å². The molecule has 2 aromatic rings. The zero-order valence-corrected chi connectivity index (χ0v) is 18.0. The molecular weight excluding hydrogens is 426 g/mol. The van der Waals surface area contributed by atoms with E-state index in [0.29, 0.717) is 16.1 Å². The number of aryl methyl sites for hydroxylation is 1. The second kappa shape index (κ2) is 8.00. The first kappa shape index (κ1) is 20.8. The number of hydrogen-bond acceptors (Lipinski definition) is 5. The highest BCUT2D eigenvalue weighted by molar-refractivity contribution is 7.92. The maximum absolute atomic E-state index is 12.9. The molecule has 1 saturated carbocycles. The van der Waals surface area contributed by atoms with E-state index < -0.39 is 10.0 Å². The van der Waals surface area contributed by atoms with Gasteiger partial charge in [0.1, 0.15) is 5.82 Å². The number of nitrogens with zero attached hydrogens (tertiary/aromatic N) is 2. The zero-order valence-electron chi connectivity index (χ0n) is 16.5. The molecule has 0 spiro atoms. The summed E-state index contributed by atoms with van der Waals surface area (Å²) >= 11 is 5.80. The smallest absolute Gasteiger partial charge is 0.263 e. The van der Waals surface area contributed by atoms with Crippen LogP contribution < -0.4 is 4.72 Å². The van der Waals surface area contributed by atoms with E-state index in [-0.39, 0.29) is 40.9 Å². The number of benzene rings is 1. The largest absolute Gasteiger partial charge is 0.278 e. The maximum atomic E-state index is 12.9. The molecule has 7 nitrogen and oxygen atoms in total. The third-order valence-corrected chi connectivity index (χ3v) is 7.50. The number of anilines is 1. The minimum atomic E-state index is -3.90. The van der Waals surface area contributed by atoms with Gasteiger partial charge in [-0.1, -0.05) is 36.6 Å². The molecular formula is C21H22ClN3O4S. The molecule has 1 aromatic heterocycles. The first-order valence-electron chi connectivity index (χ1n) is 9.85. The Morgan fingerprint density at radius 2 is 1.77 bits per heavy atom. The van der Waals surface area contributed by atoms with Gasteiger partial charge in [0.2, 0.25) is 11.8 Å². The quantitative estimate of drug-likeness (QED) is 0.707. The van der Waals surface area contributed by atoms with Crippen LogP contribution in [0.3, 0.4) is 0 Å². The highest BCUT2D eigenvalue weighted by Crippen LogP contribution is 2.38. The predicted molar refractivity (Wildman–Crippen MR) is 112 cm³/mol. The fraction of sp³-hybridized carbons (Fsp3) is 0.381. The number of carbonyl (C=O) groups is 2. The van der Waals surface area contributed by atoms with Crippen LogP contribution in [0.4, 0.5) is 5.82 Å². The standard InChI is InChI=1S/C21H22ClN3O4S/c1-13-6-7-14(12-25-20(26)16-4-2-3-5-17(16)21(25)27)10-18(13)30(28,29)24-19-9-8-15(22)11-23-19/h6-11,16-17H,2-5,12H2,1H3,(H,23,24). The van der Waals surface area contributed by atoms with E-state index in [1.54, 1.807) is 25.1 Å². The number of pyridine rings is 1. The second-order valence-corrected chi connectivity index (χ2v) is 9.91. The lowest BCUT2D eigenvalue weighted by atomic mass is 9.81. The SMILES string of the molecule is Cc1ccc(CN2C(=O)C3CCCCC3C2=O)cc1S(=O)(=O)Nc1ccc(Cl)cn1. The fourth-order valence-corrected chi connectivity index (χ4v) is 5.65. The molecule has 30 heavy (non-hydrogen) atoms. The number of sulfonamides is 1. The van der Waals surface area contributed by atoms with Crippen LogP contribution in [0, 0.1) is 18.8 Å². The van der Waals surface area contributed by atoms with Gasteiger partial charge in [-0.2, -0.15) is 0 Å². The third-order valence-electron chi connectivity index (χ3n) is 5.78. The van der Waals surface area contributed by atoms with Crippen molar-refractivity contribution in [3.63, 3.8) is 0 Å². The van der Waals surface area contributed by atoms with Crippen LogP contribution in [0.15, 0.2) is 41.4 Å². The summed E-state index contributed by atoms with van der Waals surface area (Å²) in [5.74, 6) is -0.579. The van der Waals surface area contributed by atoms with Crippen molar-refractivity contribution in [2.45, 2.75) is 44.0 Å². The summed E-state index contributed by atoms with van der Waals surface area (Å²) in [6.07, 6.45) is 4.78. The monoisotopic (exact) mass is 447 g/mol. The number of hydrogen-bond donors (Lipinski definition) is 1. The van der Waals surface area contributed by atoms with E-state index in [4.69, 9.17) is 11.6 Å². The Morgan fingerprint density at radius 3 is 2.37 bits per heavy atom. The first-order valence-corrected chi connectivity index (χ1v) is 11.7. The lowest BCUT2D eigenvalue weighted by molar-refractivity contribution is -0.140. The Hall–Kier alpha value is -2.45. The zero-order chi connectivity index (χ0) is 21.5. The first-order chi connectivity index (χ1) is 14.3. The van der Waals surface area contributed by atoms with Crippen LogP contribution in [0.1, 0.15) is 36.8 Å². The maximum Gasteiger partial charge on any atom is 0.263 e. The Morgan fingerprint density at radius 1 is 1.10 bits per heavy atom. The highest BCUT2D eigenvalue weighted by atomic mass is 35.5. The van der Waals surface area contributed by atoms with Gasteiger partial charge >= 0.3 is 0 Å². The van der Waals surface area contributed by atoms with Gasteiger partial charge in [-0.05, 0) is 49.1 Å². The molecule has 1 aliphatic heterocycles. The van der Waals surface area contributed by atoms with Gasteiger partial charge in [-0.15, -0.1) is 0 Å². The van der Waals surface area contributed by atoms with Crippen LogP contribution in [0.2, 0.25) is 5.02 Å². The molecule has 1 aromatic carbocycles. The Bertz CT molecular complexity index is 1080. The van der Waals surface area contributed by atoms with Gasteiger partial charge in [-0.3, -0.25) is 19.2 Å². The molecule has 1 aliphatic carbocycles. The molecule has 2 amide bonds. The van der Waals surface area contributed by atoms with Crippen LogP contribution in [-0.4, -0.2) is 30.1 Å². The van der Waals surface area contributed by atoms with Crippen molar-refractivity contribution in [3.05, 3.63) is 52.7 Å². The number of rotatable bonds is 5. The van der Waals surface area contributed by atoms with Gasteiger partial charge in [0, 0.05) is 6.20 Å². The van der Waals surface area contributed by atoms with Gasteiger partial charge in [0.05, 0.1) is 28.3 Å². The van der Waals surface area contributed by atoms with Crippen molar-refractivity contribution in [1.29, 1.82) is 0 Å². The average molecular weight is 448 g/mol. The average Bonchev–Trinajstić information content (AvgIpc) is 2.96. The van der Waals surface area contributed by atoms with Crippen LogP contribution in [0.25, 0.3) is 0 Å². The van der Waals surface area contributed by atoms with E-state index in [2.05, 4.69) is 9.71 Å². The molecule has 158 valence electrons. The second-order valence-electron chi connectivity index (χ2n) is 7.83. The molecule has 1 N–H and O–H groups in total. The van der Waals surface area contributed by atoms with Crippen LogP contribution in [-0.2, 0) is 26.2 Å². The minimum Gasteiger partial charge on any atom is -0.278 e. The van der Waals surface area contributed by atoms with Crippen molar-refractivity contribution in [2.75, 3.05) is 4.72 Å². The molecule has 2 aliphatic rings. The summed E-state index contributed by atoms with van der Waals surface area (Å²) in [7, 11) is -3.90. The minimum absolute atomic E-state index is 0.0761. The lowest BCUT2D eigenvalue weighted by Gasteiger charge is -2.19. The van der Waals surface area contributed by atoms with Crippen LogP contribution >= 0.6 is 11.6 Å². The summed E-state index contributed by atoms with van der Waals surface area (Å²) in [6.45, 7) is 1.76. The summed E-state index contributed by atoms with van der Waals surface area (Å²) < 4.78 is 28.2. The van der Waals surface area contributed by atoms with Crippen molar-refractivity contribution in [2.24, 2.45) is 11.8 Å². The number of likely N-dealkylation sites (tertiary alicyclic amines) is 1. The Kier molecular flexibility index (Phi) is 5.55. The molecule has 2 unspecified atom stereocenters. The summed E-state index contributed by atoms with van der Waals surface area (Å²) in [5.41, 5.74) is 1.14. The van der Waals surface area contributed by atoms with E-state index in [1.165, 1.54) is 23.2 Å². The Balaban J connectivity index is 1.58. The number of halogens is 1. The molecule has 2 fully saturated rings. The number of amides is 2. The Labute approximate surface area is 180 Å². The summed E-state index contributed by atoms with van der Waals surface area (Å²) in [5, 5.41) is 0.400. The van der Waals surface area contributed by atoms with Crippen LogP contribution in [0.5, 0.6) is 0 Å². The third kappa shape index (κ3) is 3.94. The van der Waals surface area contributed by atoms with Crippen molar-refractivity contribution < 1.29 is 18.0 Å². The summed E-state index contributed by atoms with van der Waals surface area (Å²) in [4.78, 5) is 30.8. The van der Waals surface area contributed by atoms with Crippen molar-refractivity contribution >= 4 is 39.3 Å². The molecule has 4 rings (SSSR count). The molecule has 1 saturated heterocycles. The summed E-state index contributed by atoms with van der Waals surface area (Å²) in [6, 6.07) is 7.95. The molecule has 0 radical (unpaired) electrons. The molecule has 9 heteroatoms. The van der Waals surface area contributed by atoms with Gasteiger partial charge in [0.15, 0.2) is 0 Å². The number of carbonyl (C=O) groups excluding carboxylic acids is 2. The topological polar surface area (TPSA) is 96.4 Å². The number of nitrogens with one attached hydrogen (secondary N) is 1. The van der Waals surface area contributed by atoms with Gasteiger partial charge in [0.25, 0.3) is 10.0 Å². The molecule has 0 bridgehead atoms.